The van der Waals surface area contributed by atoms with Gasteiger partial charge in [0.15, 0.2) is 0 Å². The molecule has 2 N–H and O–H groups in total. The van der Waals surface area contributed by atoms with Crippen LogP contribution < -0.4 is 5.32 Å². The molecule has 0 amide bonds. The van der Waals surface area contributed by atoms with Crippen LogP contribution in [-0.2, 0) is 19.1 Å². The summed E-state index contributed by atoms with van der Waals surface area (Å²) in [5, 5.41) is 12.0. The van der Waals surface area contributed by atoms with Gasteiger partial charge in [-0.3, -0.25) is 0 Å². The molecule has 2 aromatic heterocycles. The number of hydrogen-bond donors (Lipinski definition) is 2. The number of halogens is 7. The summed E-state index contributed by atoms with van der Waals surface area (Å²) >= 11 is 11.7. The van der Waals surface area contributed by atoms with Crippen molar-refractivity contribution in [1.29, 1.82) is 0 Å². The lowest BCUT2D eigenvalue weighted by atomic mass is 9.95. The van der Waals surface area contributed by atoms with Crippen LogP contribution >= 0.6 is 23.2 Å². The van der Waals surface area contributed by atoms with E-state index in [1.54, 1.807) is 0 Å². The number of hydrogen-bond acceptors (Lipinski definition) is 5. The highest BCUT2D eigenvalue weighted by Crippen LogP contribution is 2.36. The van der Waals surface area contributed by atoms with Crippen LogP contribution in [0.4, 0.5) is 27.8 Å². The fourth-order valence-electron chi connectivity index (χ4n) is 2.88. The molecule has 0 aliphatic rings. The van der Waals surface area contributed by atoms with E-state index < -0.39 is 36.3 Å². The molecule has 12 heteroatoms. The first kappa shape index (κ1) is 22.4. The number of aromatic nitrogens is 3. The normalized spacial score (nSPS) is 12.4. The second kappa shape index (κ2) is 8.44. The number of aliphatic hydroxyl groups is 1. The number of anilines is 1. The molecule has 0 unspecified atom stereocenters. The molecule has 3 aromatic rings. The second-order valence-electron chi connectivity index (χ2n) is 6.35. The molecular formula is C18H13Cl2F5N4O. The van der Waals surface area contributed by atoms with Gasteiger partial charge >= 0.3 is 6.18 Å². The average Bonchev–Trinajstić information content (AvgIpc) is 2.66. The number of nitrogens with zero attached hydrogens (tertiary/aromatic N) is 3. The van der Waals surface area contributed by atoms with Crippen molar-refractivity contribution >= 4 is 39.9 Å². The van der Waals surface area contributed by atoms with E-state index in [0.29, 0.717) is 17.0 Å². The molecular weight excluding hydrogens is 454 g/mol. The second-order valence-corrected chi connectivity index (χ2v) is 7.08. The maximum Gasteiger partial charge on any atom is 0.416 e. The van der Waals surface area contributed by atoms with Gasteiger partial charge in [-0.05, 0) is 34.9 Å². The molecule has 0 saturated heterocycles. The lowest BCUT2D eigenvalue weighted by molar-refractivity contribution is -0.139. The molecule has 0 atom stereocenters. The summed E-state index contributed by atoms with van der Waals surface area (Å²) in [6.07, 6.45) is -4.79. The predicted molar refractivity (Wildman–Crippen MR) is 102 cm³/mol. The van der Waals surface area contributed by atoms with E-state index in [1.165, 1.54) is 18.3 Å². The first-order valence-corrected chi connectivity index (χ1v) is 9.15. The van der Waals surface area contributed by atoms with Crippen molar-refractivity contribution in [2.24, 2.45) is 0 Å². The Labute approximate surface area is 176 Å². The van der Waals surface area contributed by atoms with Gasteiger partial charge in [0, 0.05) is 18.4 Å². The van der Waals surface area contributed by atoms with Crippen molar-refractivity contribution in [2.45, 2.75) is 25.1 Å². The van der Waals surface area contributed by atoms with Gasteiger partial charge in [-0.25, -0.2) is 23.7 Å². The third kappa shape index (κ3) is 5.05. The van der Waals surface area contributed by atoms with Gasteiger partial charge in [-0.2, -0.15) is 13.2 Å². The van der Waals surface area contributed by atoms with E-state index in [0.717, 1.165) is 6.07 Å². The fourth-order valence-corrected chi connectivity index (χ4v) is 3.21. The Balaban J connectivity index is 2.02. The first-order chi connectivity index (χ1) is 14.0. The van der Waals surface area contributed by atoms with Gasteiger partial charge in [-0.15, -0.1) is 0 Å². The van der Waals surface area contributed by atoms with Gasteiger partial charge in [-0.1, -0.05) is 23.7 Å². The minimum Gasteiger partial charge on any atom is -0.390 e. The Kier molecular flexibility index (Phi) is 6.30. The van der Waals surface area contributed by atoms with Gasteiger partial charge in [0.2, 0.25) is 5.28 Å². The highest BCUT2D eigenvalue weighted by atomic mass is 35.5. The van der Waals surface area contributed by atoms with Crippen LogP contribution in [0, 0.1) is 0 Å². The topological polar surface area (TPSA) is 70.9 Å². The predicted octanol–water partition coefficient (Wildman–Crippen LogP) is 5.13. The van der Waals surface area contributed by atoms with E-state index in [-0.39, 0.29) is 28.4 Å². The quantitative estimate of drug-likeness (QED) is 0.299. The standard InChI is InChI=1S/C18H13Cl2F5N4O/c19-14-4-10-13(7-26-14)28-16(20)29-15(10)27-6-9-2-1-3-12(18(23,24)25)11(9)5-17(21,22)8-30/h1-4,7,30H,5-6,8H2,(H,27,28,29). The average molecular weight is 467 g/mol. The highest BCUT2D eigenvalue weighted by molar-refractivity contribution is 6.30. The van der Waals surface area contributed by atoms with Crippen molar-refractivity contribution in [3.05, 3.63) is 57.6 Å². The highest BCUT2D eigenvalue weighted by Gasteiger charge is 2.38. The lowest BCUT2D eigenvalue weighted by Crippen LogP contribution is -2.27. The summed E-state index contributed by atoms with van der Waals surface area (Å²) in [5.74, 6) is -3.58. The van der Waals surface area contributed by atoms with Crippen LogP contribution in [0.2, 0.25) is 10.4 Å². The molecule has 1 aromatic carbocycles. The lowest BCUT2D eigenvalue weighted by Gasteiger charge is -2.21. The number of pyridine rings is 1. The Morgan fingerprint density at radius 2 is 1.80 bits per heavy atom. The molecule has 0 bridgehead atoms. The molecule has 0 saturated carbocycles. The maximum absolute atomic E-state index is 13.8. The summed E-state index contributed by atoms with van der Waals surface area (Å²) in [6.45, 7) is -1.85. The van der Waals surface area contributed by atoms with Crippen LogP contribution in [0.1, 0.15) is 16.7 Å². The number of rotatable bonds is 6. The summed E-state index contributed by atoms with van der Waals surface area (Å²) in [5.41, 5.74) is -1.53. The van der Waals surface area contributed by atoms with Crippen LogP contribution in [0.3, 0.4) is 0 Å². The number of aliphatic hydroxyl groups excluding tert-OH is 1. The third-order valence-corrected chi connectivity index (χ3v) is 4.59. The van der Waals surface area contributed by atoms with Crippen LogP contribution in [0.5, 0.6) is 0 Å². The van der Waals surface area contributed by atoms with Gasteiger partial charge < -0.3 is 10.4 Å². The van der Waals surface area contributed by atoms with Crippen LogP contribution in [0.15, 0.2) is 30.5 Å². The number of nitrogens with one attached hydrogen (secondary N) is 1. The van der Waals surface area contributed by atoms with Crippen molar-refractivity contribution in [2.75, 3.05) is 11.9 Å². The van der Waals surface area contributed by atoms with Crippen molar-refractivity contribution in [3.63, 3.8) is 0 Å². The smallest absolute Gasteiger partial charge is 0.390 e. The van der Waals surface area contributed by atoms with Crippen LogP contribution in [0.25, 0.3) is 10.9 Å². The first-order valence-electron chi connectivity index (χ1n) is 8.39. The summed E-state index contributed by atoms with van der Waals surface area (Å²) in [7, 11) is 0. The van der Waals surface area contributed by atoms with Gasteiger partial charge in [0.1, 0.15) is 17.6 Å². The molecule has 30 heavy (non-hydrogen) atoms. The molecule has 3 rings (SSSR count). The van der Waals surface area contributed by atoms with Crippen LogP contribution in [-0.4, -0.2) is 32.6 Å². The van der Waals surface area contributed by atoms with Crippen molar-refractivity contribution in [3.8, 4) is 0 Å². The van der Waals surface area contributed by atoms with E-state index in [2.05, 4.69) is 20.3 Å². The maximum atomic E-state index is 13.8. The number of benzene rings is 1. The Hall–Kier alpha value is -2.30. The third-order valence-electron chi connectivity index (χ3n) is 4.21. The fraction of sp³-hybridized carbons (Fsp3) is 0.278. The zero-order chi connectivity index (χ0) is 22.1. The molecule has 160 valence electrons. The Morgan fingerprint density at radius 1 is 1.07 bits per heavy atom. The van der Waals surface area contributed by atoms with Crippen molar-refractivity contribution in [1.82, 2.24) is 15.0 Å². The Bertz CT molecular complexity index is 1080. The molecule has 5 nitrogen and oxygen atoms in total. The minimum absolute atomic E-state index is 0.0408. The molecule has 0 spiro atoms. The largest absolute Gasteiger partial charge is 0.416 e. The SMILES string of the molecule is OCC(F)(F)Cc1c(CNc2nc(Cl)nc3cnc(Cl)cc23)cccc1C(F)(F)F. The molecule has 0 aliphatic heterocycles. The van der Waals surface area contributed by atoms with Gasteiger partial charge in [0.25, 0.3) is 5.92 Å². The number of fused-ring (bicyclic) bond motifs is 1. The molecule has 0 fully saturated rings. The van der Waals surface area contributed by atoms with E-state index in [1.807, 2.05) is 0 Å². The van der Waals surface area contributed by atoms with E-state index in [9.17, 15) is 22.0 Å². The molecule has 0 radical (unpaired) electrons. The van der Waals surface area contributed by atoms with Crippen molar-refractivity contribution < 1.29 is 27.1 Å². The zero-order valence-electron chi connectivity index (χ0n) is 14.9. The summed E-state index contributed by atoms with van der Waals surface area (Å²) in [6, 6.07) is 4.55. The summed E-state index contributed by atoms with van der Waals surface area (Å²) in [4.78, 5) is 11.8. The van der Waals surface area contributed by atoms with E-state index in [4.69, 9.17) is 28.3 Å². The van der Waals surface area contributed by atoms with Gasteiger partial charge in [0.05, 0.1) is 17.3 Å². The minimum atomic E-state index is -4.85. The molecule has 2 heterocycles. The molecule has 0 aliphatic carbocycles. The van der Waals surface area contributed by atoms with E-state index >= 15 is 0 Å². The number of alkyl halides is 5. The monoisotopic (exact) mass is 466 g/mol. The summed E-state index contributed by atoms with van der Waals surface area (Å²) < 4.78 is 67.7. The zero-order valence-corrected chi connectivity index (χ0v) is 16.5. The Morgan fingerprint density at radius 3 is 2.47 bits per heavy atom.